The average molecular weight is 274 g/mol. The van der Waals surface area contributed by atoms with Crippen molar-refractivity contribution in [3.8, 4) is 5.75 Å². The van der Waals surface area contributed by atoms with E-state index in [1.54, 1.807) is 0 Å². The van der Waals surface area contributed by atoms with Gasteiger partial charge in [0.25, 0.3) is 0 Å². The van der Waals surface area contributed by atoms with Crippen molar-refractivity contribution in [2.75, 3.05) is 30.5 Å². The highest BCUT2D eigenvalue weighted by Crippen LogP contribution is 2.27. The van der Waals surface area contributed by atoms with Gasteiger partial charge in [0.2, 0.25) is 0 Å². The van der Waals surface area contributed by atoms with Crippen molar-refractivity contribution in [1.29, 1.82) is 0 Å². The van der Waals surface area contributed by atoms with Crippen LogP contribution in [0.5, 0.6) is 5.75 Å². The molecule has 4 heteroatoms. The number of ether oxygens (including phenoxy) is 1. The van der Waals surface area contributed by atoms with Crippen LogP contribution in [0, 0.1) is 0 Å². The second kappa shape index (κ2) is 8.54. The van der Waals surface area contributed by atoms with Crippen molar-refractivity contribution < 1.29 is 4.74 Å². The van der Waals surface area contributed by atoms with Crippen molar-refractivity contribution in [3.63, 3.8) is 0 Å². The maximum absolute atomic E-state index is 6.10. The monoisotopic (exact) mass is 273 g/mol. The van der Waals surface area contributed by atoms with Gasteiger partial charge in [-0.15, -0.1) is 0 Å². The molecule has 0 radical (unpaired) electrons. The van der Waals surface area contributed by atoms with E-state index < -0.39 is 0 Å². The molecule has 2 nitrogen and oxygen atoms in total. The molecule has 0 saturated heterocycles. The molecule has 0 amide bonds. The van der Waals surface area contributed by atoms with E-state index in [4.69, 9.17) is 16.3 Å². The largest absolute Gasteiger partial charge is 0.492 e. The fourth-order valence-corrected chi connectivity index (χ4v) is 2.22. The Morgan fingerprint density at radius 3 is 2.82 bits per heavy atom. The van der Waals surface area contributed by atoms with E-state index in [1.807, 2.05) is 36.9 Å². The molecule has 0 fully saturated rings. The van der Waals surface area contributed by atoms with Gasteiger partial charge in [0.05, 0.1) is 11.6 Å². The van der Waals surface area contributed by atoms with E-state index in [9.17, 15) is 0 Å². The van der Waals surface area contributed by atoms with Crippen molar-refractivity contribution in [2.24, 2.45) is 0 Å². The van der Waals surface area contributed by atoms with E-state index in [-0.39, 0.29) is 0 Å². The number of thioether (sulfide) groups is 1. The smallest absolute Gasteiger partial charge is 0.138 e. The minimum Gasteiger partial charge on any atom is -0.492 e. The van der Waals surface area contributed by atoms with Crippen LogP contribution in [-0.2, 0) is 0 Å². The summed E-state index contributed by atoms with van der Waals surface area (Å²) in [6.45, 7) is 3.58. The number of nitrogens with one attached hydrogen (secondary N) is 1. The summed E-state index contributed by atoms with van der Waals surface area (Å²) in [5.74, 6) is 1.98. The highest BCUT2D eigenvalue weighted by atomic mass is 35.5. The average Bonchev–Trinajstić information content (AvgIpc) is 2.32. The summed E-state index contributed by atoms with van der Waals surface area (Å²) in [4.78, 5) is 0. The van der Waals surface area contributed by atoms with Crippen molar-refractivity contribution in [3.05, 3.63) is 23.2 Å². The highest BCUT2D eigenvalue weighted by molar-refractivity contribution is 7.98. The van der Waals surface area contributed by atoms with Gasteiger partial charge in [-0.1, -0.05) is 11.6 Å². The maximum Gasteiger partial charge on any atom is 0.138 e. The second-order valence-corrected chi connectivity index (χ2v) is 5.10. The van der Waals surface area contributed by atoms with Crippen molar-refractivity contribution in [2.45, 2.75) is 19.8 Å². The van der Waals surface area contributed by atoms with Gasteiger partial charge < -0.3 is 10.1 Å². The lowest BCUT2D eigenvalue weighted by molar-refractivity contribution is 0.340. The van der Waals surface area contributed by atoms with E-state index >= 15 is 0 Å². The van der Waals surface area contributed by atoms with E-state index in [1.165, 1.54) is 18.6 Å². The first-order valence-electron chi connectivity index (χ1n) is 5.93. The molecule has 0 aliphatic carbocycles. The van der Waals surface area contributed by atoms with Gasteiger partial charge in [-0.3, -0.25) is 0 Å². The molecular weight excluding hydrogens is 254 g/mol. The minimum absolute atomic E-state index is 0.640. The number of anilines is 1. The third-order valence-corrected chi connectivity index (χ3v) is 3.33. The predicted octanol–water partition coefficient (Wildman–Crippen LogP) is 4.29. The molecule has 0 atom stereocenters. The predicted molar refractivity (Wildman–Crippen MR) is 78.7 cm³/mol. The lowest BCUT2D eigenvalue weighted by Crippen LogP contribution is -2.02. The van der Waals surface area contributed by atoms with Crippen LogP contribution in [-0.4, -0.2) is 25.2 Å². The normalized spacial score (nSPS) is 10.3. The molecule has 0 saturated carbocycles. The Kier molecular flexibility index (Phi) is 7.29. The fraction of sp³-hybridized carbons (Fsp3) is 0.538. The number of hydrogen-bond donors (Lipinski definition) is 1. The number of halogens is 1. The van der Waals surface area contributed by atoms with E-state index in [0.29, 0.717) is 11.6 Å². The van der Waals surface area contributed by atoms with E-state index in [2.05, 4.69) is 11.6 Å². The van der Waals surface area contributed by atoms with Gasteiger partial charge in [0, 0.05) is 12.2 Å². The Morgan fingerprint density at radius 1 is 1.35 bits per heavy atom. The summed E-state index contributed by atoms with van der Waals surface area (Å²) < 4.78 is 5.39. The Morgan fingerprint density at radius 2 is 2.18 bits per heavy atom. The molecule has 1 rings (SSSR count). The Hall–Kier alpha value is -0.540. The van der Waals surface area contributed by atoms with Crippen molar-refractivity contribution in [1.82, 2.24) is 0 Å². The van der Waals surface area contributed by atoms with Gasteiger partial charge >= 0.3 is 0 Å². The zero-order chi connectivity index (χ0) is 12.5. The molecular formula is C13H20ClNOS. The summed E-state index contributed by atoms with van der Waals surface area (Å²) in [5, 5.41) is 4.03. The molecule has 17 heavy (non-hydrogen) atoms. The summed E-state index contributed by atoms with van der Waals surface area (Å²) in [5.41, 5.74) is 1.06. The van der Waals surface area contributed by atoms with E-state index in [0.717, 1.165) is 18.0 Å². The molecule has 0 aliphatic rings. The molecule has 0 bridgehead atoms. The molecule has 1 N–H and O–H groups in total. The zero-order valence-corrected chi connectivity index (χ0v) is 12.0. The van der Waals surface area contributed by atoms with Gasteiger partial charge in [0.1, 0.15) is 5.75 Å². The third-order valence-electron chi connectivity index (χ3n) is 2.34. The zero-order valence-electron chi connectivity index (χ0n) is 10.5. The summed E-state index contributed by atoms with van der Waals surface area (Å²) >= 11 is 7.99. The lowest BCUT2D eigenvalue weighted by Gasteiger charge is -2.09. The minimum atomic E-state index is 0.640. The Balaban J connectivity index is 2.36. The second-order valence-electron chi connectivity index (χ2n) is 3.70. The first-order chi connectivity index (χ1) is 8.27. The lowest BCUT2D eigenvalue weighted by atomic mass is 10.2. The summed E-state index contributed by atoms with van der Waals surface area (Å²) in [6.07, 6.45) is 4.57. The topological polar surface area (TPSA) is 21.3 Å². The molecule has 1 aromatic rings. The Labute approximate surface area is 113 Å². The van der Waals surface area contributed by atoms with Gasteiger partial charge in [-0.05, 0) is 50.0 Å². The van der Waals surface area contributed by atoms with Crippen LogP contribution in [0.2, 0.25) is 5.02 Å². The Bertz CT molecular complexity index is 333. The standard InChI is InChI=1S/C13H20ClNOS/c1-3-16-13-7-6-11(10-12(13)14)15-8-4-5-9-17-2/h6-7,10,15H,3-5,8-9H2,1-2H3. The van der Waals surface area contributed by atoms with Crippen LogP contribution >= 0.6 is 23.4 Å². The van der Waals surface area contributed by atoms with Gasteiger partial charge in [0.15, 0.2) is 0 Å². The van der Waals surface area contributed by atoms with Crippen LogP contribution in [0.4, 0.5) is 5.69 Å². The summed E-state index contributed by atoms with van der Waals surface area (Å²) in [6, 6.07) is 5.84. The van der Waals surface area contributed by atoms with Crippen LogP contribution in [0.1, 0.15) is 19.8 Å². The third kappa shape index (κ3) is 5.55. The molecule has 96 valence electrons. The number of benzene rings is 1. The molecule has 1 aromatic carbocycles. The van der Waals surface area contributed by atoms with Crippen molar-refractivity contribution >= 4 is 29.1 Å². The maximum atomic E-state index is 6.10. The first kappa shape index (κ1) is 14.5. The molecule has 0 aliphatic heterocycles. The fourth-order valence-electron chi connectivity index (χ4n) is 1.49. The number of unbranched alkanes of at least 4 members (excludes halogenated alkanes) is 1. The number of hydrogen-bond acceptors (Lipinski definition) is 3. The van der Waals surface area contributed by atoms with Crippen LogP contribution in [0.15, 0.2) is 18.2 Å². The van der Waals surface area contributed by atoms with Crippen LogP contribution < -0.4 is 10.1 Å². The SMILES string of the molecule is CCOc1ccc(NCCCCSC)cc1Cl. The van der Waals surface area contributed by atoms with Crippen LogP contribution in [0.25, 0.3) is 0 Å². The van der Waals surface area contributed by atoms with Gasteiger partial charge in [-0.25, -0.2) is 0 Å². The molecule has 0 spiro atoms. The molecule has 0 aromatic heterocycles. The molecule has 0 heterocycles. The van der Waals surface area contributed by atoms with Gasteiger partial charge in [-0.2, -0.15) is 11.8 Å². The first-order valence-corrected chi connectivity index (χ1v) is 7.70. The quantitative estimate of drug-likeness (QED) is 0.714. The summed E-state index contributed by atoms with van der Waals surface area (Å²) in [7, 11) is 0. The molecule has 0 unspecified atom stereocenters. The van der Waals surface area contributed by atoms with Crippen LogP contribution in [0.3, 0.4) is 0 Å². The highest BCUT2D eigenvalue weighted by Gasteiger charge is 2.01. The number of rotatable bonds is 8.